The molecule has 0 radical (unpaired) electrons. The highest BCUT2D eigenvalue weighted by Gasteiger charge is 2.42. The van der Waals surface area contributed by atoms with Crippen molar-refractivity contribution in [3.63, 3.8) is 0 Å². The molecule has 0 aliphatic heterocycles. The Morgan fingerprint density at radius 3 is 2.12 bits per heavy atom. The van der Waals surface area contributed by atoms with E-state index in [1.165, 1.54) is 16.3 Å². The lowest BCUT2D eigenvalue weighted by atomic mass is 10.1. The van der Waals surface area contributed by atoms with Gasteiger partial charge in [-0.15, -0.1) is 0 Å². The monoisotopic (exact) mass is 369 g/mol. The third-order valence-corrected chi connectivity index (χ3v) is 7.37. The summed E-state index contributed by atoms with van der Waals surface area (Å²) < 4.78 is 20.5. The Kier molecular flexibility index (Phi) is 5.93. The maximum atomic E-state index is 6.08. The molecular formula is C21H27NO3Si. The van der Waals surface area contributed by atoms with Crippen molar-refractivity contribution in [2.45, 2.75) is 26.9 Å². The molecule has 0 bridgehead atoms. The van der Waals surface area contributed by atoms with Gasteiger partial charge in [-0.1, -0.05) is 36.9 Å². The average Bonchev–Trinajstić information content (AvgIpc) is 2.96. The van der Waals surface area contributed by atoms with Crippen LogP contribution >= 0.6 is 0 Å². The van der Waals surface area contributed by atoms with Crippen LogP contribution in [-0.4, -0.2) is 33.2 Å². The number of para-hydroxylation sites is 1. The molecule has 2 aromatic carbocycles. The summed E-state index contributed by atoms with van der Waals surface area (Å²) in [7, 11) is -2.81. The van der Waals surface area contributed by atoms with Crippen LogP contribution in [0.5, 0.6) is 0 Å². The maximum Gasteiger partial charge on any atom is 0.521 e. The van der Waals surface area contributed by atoms with Gasteiger partial charge in [0, 0.05) is 41.6 Å². The van der Waals surface area contributed by atoms with Crippen LogP contribution in [0.25, 0.3) is 27.9 Å². The quantitative estimate of drug-likeness (QED) is 0.496. The van der Waals surface area contributed by atoms with E-state index in [9.17, 15) is 0 Å². The molecule has 0 amide bonds. The lowest BCUT2D eigenvalue weighted by Gasteiger charge is -2.29. The number of aromatic nitrogens is 1. The normalized spacial score (nSPS) is 12.1. The van der Waals surface area contributed by atoms with Gasteiger partial charge in [0.05, 0.1) is 6.17 Å². The largest absolute Gasteiger partial charge is 0.521 e. The standard InChI is InChI=1S/C21H27NO3Si/c1-5-17-13-14-21-19(15-17)18-11-9-10-12-20(18)22(21)16-26(23-6-2,24-7-3)25-8-4/h5,9-15H,1,6-8,16H2,2-4H3. The van der Waals surface area contributed by atoms with Crippen molar-refractivity contribution in [2.24, 2.45) is 0 Å². The third-order valence-electron chi connectivity index (χ3n) is 4.48. The predicted molar refractivity (Wildman–Crippen MR) is 110 cm³/mol. The molecule has 4 nitrogen and oxygen atoms in total. The summed E-state index contributed by atoms with van der Waals surface area (Å²) in [5.41, 5.74) is 3.44. The Morgan fingerprint density at radius 1 is 0.885 bits per heavy atom. The van der Waals surface area contributed by atoms with Gasteiger partial charge in [-0.25, -0.2) is 0 Å². The van der Waals surface area contributed by atoms with Crippen molar-refractivity contribution in [2.75, 3.05) is 19.8 Å². The van der Waals surface area contributed by atoms with Gasteiger partial charge in [0.15, 0.2) is 0 Å². The summed E-state index contributed by atoms with van der Waals surface area (Å²) in [5, 5.41) is 2.43. The summed E-state index contributed by atoms with van der Waals surface area (Å²) in [6.07, 6.45) is 2.48. The fraction of sp³-hybridized carbons (Fsp3) is 0.333. The summed E-state index contributed by atoms with van der Waals surface area (Å²) in [4.78, 5) is 0. The molecule has 3 aromatic rings. The van der Waals surface area contributed by atoms with Crippen LogP contribution in [0.4, 0.5) is 0 Å². The lowest BCUT2D eigenvalue weighted by Crippen LogP contribution is -2.50. The third kappa shape index (κ3) is 3.48. The van der Waals surface area contributed by atoms with Crippen molar-refractivity contribution < 1.29 is 13.3 Å². The molecule has 1 heterocycles. The van der Waals surface area contributed by atoms with Crippen molar-refractivity contribution in [1.29, 1.82) is 0 Å². The Bertz CT molecular complexity index is 886. The highest BCUT2D eigenvalue weighted by Crippen LogP contribution is 2.31. The van der Waals surface area contributed by atoms with Gasteiger partial charge < -0.3 is 17.8 Å². The highest BCUT2D eigenvalue weighted by molar-refractivity contribution is 6.59. The molecule has 3 rings (SSSR count). The molecule has 0 saturated heterocycles. The second kappa shape index (κ2) is 8.18. The van der Waals surface area contributed by atoms with E-state index in [0.29, 0.717) is 26.0 Å². The molecule has 26 heavy (non-hydrogen) atoms. The minimum absolute atomic E-state index is 0.573. The number of benzene rings is 2. The molecule has 0 aliphatic rings. The van der Waals surface area contributed by atoms with E-state index in [-0.39, 0.29) is 0 Å². The van der Waals surface area contributed by atoms with Crippen molar-refractivity contribution in [1.82, 2.24) is 4.57 Å². The molecule has 0 fully saturated rings. The second-order valence-electron chi connectivity index (χ2n) is 6.07. The molecule has 5 heteroatoms. The van der Waals surface area contributed by atoms with Crippen molar-refractivity contribution in [3.8, 4) is 0 Å². The Hall–Kier alpha value is -1.92. The van der Waals surface area contributed by atoms with E-state index < -0.39 is 8.80 Å². The molecule has 1 aromatic heterocycles. The van der Waals surface area contributed by atoms with Crippen LogP contribution in [0.2, 0.25) is 0 Å². The first-order chi connectivity index (χ1) is 12.7. The van der Waals surface area contributed by atoms with Gasteiger partial charge in [0.25, 0.3) is 0 Å². The van der Waals surface area contributed by atoms with Gasteiger partial charge in [-0.05, 0) is 44.5 Å². The molecule has 0 spiro atoms. The summed E-state index contributed by atoms with van der Waals surface area (Å²) in [5.74, 6) is 0. The molecule has 0 unspecified atom stereocenters. The summed E-state index contributed by atoms with van der Waals surface area (Å²) >= 11 is 0. The SMILES string of the molecule is C=Cc1ccc2c(c1)c1ccccc1n2C[Si](OCC)(OCC)OCC. The second-order valence-corrected chi connectivity index (χ2v) is 8.61. The fourth-order valence-corrected chi connectivity index (χ4v) is 6.06. The molecule has 0 atom stereocenters. The summed E-state index contributed by atoms with van der Waals surface area (Å²) in [6, 6.07) is 14.9. The van der Waals surface area contributed by atoms with Crippen LogP contribution in [-0.2, 0) is 19.4 Å². The smallest absolute Gasteiger partial charge is 0.373 e. The van der Waals surface area contributed by atoms with E-state index in [0.717, 1.165) is 11.1 Å². The van der Waals surface area contributed by atoms with Gasteiger partial charge in [0.1, 0.15) is 0 Å². The van der Waals surface area contributed by atoms with Crippen LogP contribution in [0, 0.1) is 0 Å². The predicted octanol–water partition coefficient (Wildman–Crippen LogP) is 5.03. The average molecular weight is 370 g/mol. The zero-order chi connectivity index (χ0) is 18.6. The van der Waals surface area contributed by atoms with E-state index in [1.807, 2.05) is 26.8 Å². The molecule has 0 aliphatic carbocycles. The fourth-order valence-electron chi connectivity index (χ4n) is 3.48. The number of hydrogen-bond donors (Lipinski definition) is 0. The number of rotatable bonds is 9. The first kappa shape index (κ1) is 18.9. The van der Waals surface area contributed by atoms with Crippen LogP contribution in [0.1, 0.15) is 26.3 Å². The minimum atomic E-state index is -2.81. The van der Waals surface area contributed by atoms with E-state index >= 15 is 0 Å². The van der Waals surface area contributed by atoms with Crippen molar-refractivity contribution in [3.05, 3.63) is 54.6 Å². The van der Waals surface area contributed by atoms with Gasteiger partial charge in [-0.2, -0.15) is 0 Å². The first-order valence-electron chi connectivity index (χ1n) is 9.23. The van der Waals surface area contributed by atoms with E-state index in [4.69, 9.17) is 13.3 Å². The van der Waals surface area contributed by atoms with Crippen LogP contribution in [0.3, 0.4) is 0 Å². The van der Waals surface area contributed by atoms with Crippen LogP contribution < -0.4 is 0 Å². The Balaban J connectivity index is 2.19. The lowest BCUT2D eigenvalue weighted by molar-refractivity contribution is 0.0657. The van der Waals surface area contributed by atoms with Crippen molar-refractivity contribution >= 4 is 36.7 Å². The minimum Gasteiger partial charge on any atom is -0.373 e. The van der Waals surface area contributed by atoms with E-state index in [2.05, 4.69) is 53.6 Å². The topological polar surface area (TPSA) is 32.6 Å². The zero-order valence-corrected chi connectivity index (χ0v) is 16.8. The van der Waals surface area contributed by atoms with Gasteiger partial charge in [0.2, 0.25) is 0 Å². The summed E-state index contributed by atoms with van der Waals surface area (Å²) in [6.45, 7) is 11.6. The van der Waals surface area contributed by atoms with Crippen LogP contribution in [0.15, 0.2) is 49.0 Å². The number of hydrogen-bond acceptors (Lipinski definition) is 3. The first-order valence-corrected chi connectivity index (χ1v) is 11.2. The Morgan fingerprint density at radius 2 is 1.50 bits per heavy atom. The highest BCUT2D eigenvalue weighted by atomic mass is 28.4. The maximum absolute atomic E-state index is 6.08. The molecule has 0 saturated carbocycles. The van der Waals surface area contributed by atoms with E-state index in [1.54, 1.807) is 0 Å². The zero-order valence-electron chi connectivity index (χ0n) is 15.8. The molecule has 138 valence electrons. The van der Waals surface area contributed by atoms with Gasteiger partial charge in [-0.3, -0.25) is 0 Å². The molecular weight excluding hydrogens is 342 g/mol. The Labute approximate surface area is 156 Å². The molecule has 0 N–H and O–H groups in total. The van der Waals surface area contributed by atoms with Gasteiger partial charge >= 0.3 is 8.80 Å². The number of nitrogens with zero attached hydrogens (tertiary/aromatic N) is 1. The number of fused-ring (bicyclic) bond motifs is 3.